The minimum absolute atomic E-state index is 0.0597. The number of nitrogens with one attached hydrogen (secondary N) is 1. The van der Waals surface area contributed by atoms with E-state index in [2.05, 4.69) is 4.72 Å². The van der Waals surface area contributed by atoms with Gasteiger partial charge in [0.1, 0.15) is 11.3 Å². The first-order valence-corrected chi connectivity index (χ1v) is 8.32. The molecule has 7 nitrogen and oxygen atoms in total. The second kappa shape index (κ2) is 6.71. The van der Waals surface area contributed by atoms with E-state index >= 15 is 0 Å². The van der Waals surface area contributed by atoms with Gasteiger partial charge in [-0.15, -0.1) is 0 Å². The summed E-state index contributed by atoms with van der Waals surface area (Å²) in [5.41, 5.74) is 0.747. The fourth-order valence-electron chi connectivity index (χ4n) is 1.93. The molecule has 0 amide bonds. The quantitative estimate of drug-likeness (QED) is 0.634. The topological polar surface area (TPSA) is 110 Å². The number of carboxylic acids is 1. The van der Waals surface area contributed by atoms with E-state index in [-0.39, 0.29) is 21.9 Å². The number of ether oxygens (including phenoxy) is 1. The monoisotopic (exact) mass is 349 g/mol. The number of rotatable bonds is 5. The van der Waals surface area contributed by atoms with Crippen LogP contribution in [0.15, 0.2) is 47.4 Å². The highest BCUT2D eigenvalue weighted by atomic mass is 32.2. The largest absolute Gasteiger partial charge is 0.478 e. The summed E-state index contributed by atoms with van der Waals surface area (Å²) in [5, 5.41) is 9.08. The van der Waals surface area contributed by atoms with Crippen molar-refractivity contribution in [2.75, 3.05) is 4.72 Å². The molecule has 0 aliphatic heterocycles. The molecule has 2 N–H and O–H groups in total. The Kier molecular flexibility index (Phi) is 4.89. The number of aromatic carboxylic acids is 1. The van der Waals surface area contributed by atoms with Crippen LogP contribution in [-0.2, 0) is 14.8 Å². The van der Waals surface area contributed by atoms with E-state index in [1.807, 2.05) is 6.92 Å². The van der Waals surface area contributed by atoms with Crippen LogP contribution in [0.3, 0.4) is 0 Å². The molecule has 24 heavy (non-hydrogen) atoms. The summed E-state index contributed by atoms with van der Waals surface area (Å²) in [7, 11) is -3.85. The van der Waals surface area contributed by atoms with Gasteiger partial charge in [-0.1, -0.05) is 17.7 Å². The first-order valence-electron chi connectivity index (χ1n) is 6.84. The van der Waals surface area contributed by atoms with Crippen LogP contribution in [0.5, 0.6) is 5.75 Å². The molecule has 0 unspecified atom stereocenters. The number of aryl methyl sites for hydroxylation is 1. The Balaban J connectivity index is 2.37. The minimum atomic E-state index is -3.85. The number of anilines is 1. The molecule has 0 heterocycles. The highest BCUT2D eigenvalue weighted by Crippen LogP contribution is 2.25. The summed E-state index contributed by atoms with van der Waals surface area (Å²) < 4.78 is 31.8. The Morgan fingerprint density at radius 2 is 1.71 bits per heavy atom. The Bertz CT molecular complexity index is 887. The van der Waals surface area contributed by atoms with Crippen molar-refractivity contribution in [3.8, 4) is 5.75 Å². The summed E-state index contributed by atoms with van der Waals surface area (Å²) in [6, 6.07) is 9.82. The van der Waals surface area contributed by atoms with Crippen molar-refractivity contribution in [1.29, 1.82) is 0 Å². The van der Waals surface area contributed by atoms with E-state index in [1.54, 1.807) is 12.1 Å². The number of benzene rings is 2. The van der Waals surface area contributed by atoms with Gasteiger partial charge in [0.25, 0.3) is 10.0 Å². The Morgan fingerprint density at radius 3 is 2.25 bits per heavy atom. The minimum Gasteiger partial charge on any atom is -0.478 e. The highest BCUT2D eigenvalue weighted by Gasteiger charge is 2.18. The second-order valence-electron chi connectivity index (χ2n) is 5.03. The van der Waals surface area contributed by atoms with Crippen LogP contribution in [0.2, 0.25) is 0 Å². The lowest BCUT2D eigenvalue weighted by Gasteiger charge is -2.11. The third-order valence-electron chi connectivity index (χ3n) is 3.05. The van der Waals surface area contributed by atoms with Crippen molar-refractivity contribution in [2.45, 2.75) is 18.7 Å². The van der Waals surface area contributed by atoms with Crippen LogP contribution in [-0.4, -0.2) is 25.5 Å². The molecule has 0 aliphatic carbocycles. The van der Waals surface area contributed by atoms with Gasteiger partial charge in [-0.05, 0) is 31.2 Å². The second-order valence-corrected chi connectivity index (χ2v) is 6.71. The van der Waals surface area contributed by atoms with Crippen LogP contribution >= 0.6 is 0 Å². The number of carbonyl (C=O) groups is 2. The van der Waals surface area contributed by atoms with E-state index in [1.165, 1.54) is 18.2 Å². The number of esters is 1. The van der Waals surface area contributed by atoms with Gasteiger partial charge in [0, 0.05) is 13.0 Å². The molecule has 0 saturated heterocycles. The molecular weight excluding hydrogens is 334 g/mol. The maximum absolute atomic E-state index is 12.3. The zero-order valence-corrected chi connectivity index (χ0v) is 13.8. The van der Waals surface area contributed by atoms with Crippen molar-refractivity contribution < 1.29 is 27.9 Å². The van der Waals surface area contributed by atoms with Crippen LogP contribution in [0, 0.1) is 6.92 Å². The van der Waals surface area contributed by atoms with E-state index in [9.17, 15) is 18.0 Å². The molecule has 0 atom stereocenters. The number of hydrogen-bond acceptors (Lipinski definition) is 5. The lowest BCUT2D eigenvalue weighted by atomic mass is 10.2. The predicted octanol–water partition coefficient (Wildman–Crippen LogP) is 2.42. The van der Waals surface area contributed by atoms with Gasteiger partial charge in [0.15, 0.2) is 0 Å². The molecule has 2 aromatic rings. The molecule has 8 heteroatoms. The summed E-state index contributed by atoms with van der Waals surface area (Å²) in [4.78, 5) is 22.3. The Hall–Kier alpha value is -2.87. The van der Waals surface area contributed by atoms with Crippen molar-refractivity contribution in [2.24, 2.45) is 0 Å². The van der Waals surface area contributed by atoms with Crippen LogP contribution in [0.25, 0.3) is 0 Å². The van der Waals surface area contributed by atoms with E-state index in [0.29, 0.717) is 0 Å². The fraction of sp³-hybridized carbons (Fsp3) is 0.125. The first kappa shape index (κ1) is 17.5. The molecule has 0 saturated carbocycles. The van der Waals surface area contributed by atoms with E-state index < -0.39 is 22.0 Å². The zero-order valence-electron chi connectivity index (χ0n) is 12.9. The third-order valence-corrected chi connectivity index (χ3v) is 4.45. The third kappa shape index (κ3) is 4.11. The molecule has 0 bridgehead atoms. The van der Waals surface area contributed by atoms with E-state index in [0.717, 1.165) is 24.6 Å². The van der Waals surface area contributed by atoms with Gasteiger partial charge >= 0.3 is 11.9 Å². The molecular formula is C16H15NO6S. The molecule has 0 fully saturated rings. The average Bonchev–Trinajstić information content (AvgIpc) is 2.46. The predicted molar refractivity (Wildman–Crippen MR) is 86.7 cm³/mol. The fourth-order valence-corrected chi connectivity index (χ4v) is 2.98. The van der Waals surface area contributed by atoms with Crippen LogP contribution in [0.4, 0.5) is 5.69 Å². The first-order chi connectivity index (χ1) is 11.2. The Morgan fingerprint density at radius 1 is 1.08 bits per heavy atom. The molecule has 0 radical (unpaired) electrons. The molecule has 0 aromatic heterocycles. The van der Waals surface area contributed by atoms with Crippen molar-refractivity contribution in [3.63, 3.8) is 0 Å². The number of sulfonamides is 1. The summed E-state index contributed by atoms with van der Waals surface area (Å²) in [6.07, 6.45) is 0. The van der Waals surface area contributed by atoms with Crippen LogP contribution < -0.4 is 9.46 Å². The van der Waals surface area contributed by atoms with Gasteiger partial charge in [-0.3, -0.25) is 9.52 Å². The van der Waals surface area contributed by atoms with E-state index in [4.69, 9.17) is 9.84 Å². The molecule has 0 spiro atoms. The zero-order chi connectivity index (χ0) is 17.9. The Labute approximate surface area is 138 Å². The lowest BCUT2D eigenvalue weighted by molar-refractivity contribution is -0.131. The van der Waals surface area contributed by atoms with Gasteiger partial charge in [0.2, 0.25) is 0 Å². The summed E-state index contributed by atoms with van der Waals surface area (Å²) in [6.45, 7) is 2.95. The van der Waals surface area contributed by atoms with Gasteiger partial charge in [-0.2, -0.15) is 0 Å². The number of carboxylic acid groups (broad SMARTS) is 1. The lowest BCUT2D eigenvalue weighted by Crippen LogP contribution is -2.14. The number of carbonyl (C=O) groups excluding carboxylic acids is 1. The molecule has 126 valence electrons. The summed E-state index contributed by atoms with van der Waals surface area (Å²) in [5.74, 6) is -2.24. The molecule has 0 aliphatic rings. The van der Waals surface area contributed by atoms with Gasteiger partial charge < -0.3 is 9.84 Å². The highest BCUT2D eigenvalue weighted by molar-refractivity contribution is 7.92. The van der Waals surface area contributed by atoms with Crippen molar-refractivity contribution in [3.05, 3.63) is 53.6 Å². The standard InChI is InChI=1S/C16H15NO6S/c1-10-3-6-13(7-4-10)24(21,22)17-12-5-8-14(16(19)20)15(9-12)23-11(2)18/h3-9,17H,1-2H3,(H,19,20). The van der Waals surface area contributed by atoms with Gasteiger partial charge in [0.05, 0.1) is 10.6 Å². The van der Waals surface area contributed by atoms with Crippen LogP contribution in [0.1, 0.15) is 22.8 Å². The molecule has 2 aromatic carbocycles. The smallest absolute Gasteiger partial charge is 0.339 e. The van der Waals surface area contributed by atoms with Crippen molar-refractivity contribution >= 4 is 27.6 Å². The maximum atomic E-state index is 12.3. The molecule has 2 rings (SSSR count). The normalized spacial score (nSPS) is 10.9. The maximum Gasteiger partial charge on any atom is 0.339 e. The number of hydrogen-bond donors (Lipinski definition) is 2. The average molecular weight is 349 g/mol. The SMILES string of the molecule is CC(=O)Oc1cc(NS(=O)(=O)c2ccc(C)cc2)ccc1C(=O)O. The summed E-state index contributed by atoms with van der Waals surface area (Å²) >= 11 is 0. The van der Waals surface area contributed by atoms with Gasteiger partial charge in [-0.25, -0.2) is 13.2 Å². The van der Waals surface area contributed by atoms with Crippen molar-refractivity contribution in [1.82, 2.24) is 0 Å².